The molecule has 0 aliphatic rings. The Labute approximate surface area is 121 Å². The van der Waals surface area contributed by atoms with Gasteiger partial charge in [0.1, 0.15) is 11.5 Å². The van der Waals surface area contributed by atoms with Gasteiger partial charge in [-0.1, -0.05) is 24.3 Å². The van der Waals surface area contributed by atoms with Gasteiger partial charge in [-0.25, -0.2) is 4.39 Å². The number of nitro benzene ring substituents is 1. The summed E-state index contributed by atoms with van der Waals surface area (Å²) in [5.41, 5.74) is 1.55. The quantitative estimate of drug-likeness (QED) is 0.653. The fraction of sp³-hybridized carbons (Fsp3) is 0.200. The summed E-state index contributed by atoms with van der Waals surface area (Å²) in [7, 11) is 1.62. The number of anilines is 1. The van der Waals surface area contributed by atoms with E-state index in [1.807, 2.05) is 0 Å². The average molecular weight is 290 g/mol. The van der Waals surface area contributed by atoms with Gasteiger partial charge in [-0.05, 0) is 17.7 Å². The zero-order valence-electron chi connectivity index (χ0n) is 11.5. The van der Waals surface area contributed by atoms with Gasteiger partial charge in [0.05, 0.1) is 18.1 Å². The van der Waals surface area contributed by atoms with E-state index in [1.54, 1.807) is 37.4 Å². The maximum absolute atomic E-state index is 13.4. The molecule has 0 saturated carbocycles. The van der Waals surface area contributed by atoms with Gasteiger partial charge in [0.15, 0.2) is 0 Å². The van der Waals surface area contributed by atoms with Gasteiger partial charge < -0.3 is 10.1 Å². The number of halogens is 1. The lowest BCUT2D eigenvalue weighted by Crippen LogP contribution is -2.00. The molecule has 6 heteroatoms. The molecule has 2 rings (SSSR count). The standard InChI is InChI=1S/C15H15FN2O3/c1-17-14-7-6-11(8-15(14)18(19)20)9-21-10-12-4-2-3-5-13(12)16/h2-8,17H,9-10H2,1H3. The van der Waals surface area contributed by atoms with Crippen molar-refractivity contribution in [2.24, 2.45) is 0 Å². The summed E-state index contributed by atoms with van der Waals surface area (Å²) in [4.78, 5) is 10.5. The first-order valence-corrected chi connectivity index (χ1v) is 6.38. The van der Waals surface area contributed by atoms with E-state index in [4.69, 9.17) is 4.74 Å². The van der Waals surface area contributed by atoms with Gasteiger partial charge in [0, 0.05) is 18.7 Å². The minimum atomic E-state index is -0.452. The first-order valence-electron chi connectivity index (χ1n) is 6.38. The van der Waals surface area contributed by atoms with Gasteiger partial charge >= 0.3 is 0 Å². The van der Waals surface area contributed by atoms with E-state index in [-0.39, 0.29) is 24.7 Å². The molecule has 0 bridgehead atoms. The predicted octanol–water partition coefficient (Wildman–Crippen LogP) is 3.49. The monoisotopic (exact) mass is 290 g/mol. The van der Waals surface area contributed by atoms with Crippen LogP contribution in [-0.2, 0) is 18.0 Å². The summed E-state index contributed by atoms with van der Waals surface area (Å²) in [6.07, 6.45) is 0. The van der Waals surface area contributed by atoms with E-state index in [2.05, 4.69) is 5.32 Å². The Balaban J connectivity index is 2.02. The molecule has 0 saturated heterocycles. The van der Waals surface area contributed by atoms with E-state index < -0.39 is 4.92 Å². The maximum atomic E-state index is 13.4. The second-order valence-corrected chi connectivity index (χ2v) is 4.44. The second kappa shape index (κ2) is 6.81. The first kappa shape index (κ1) is 14.9. The maximum Gasteiger partial charge on any atom is 0.292 e. The molecule has 5 nitrogen and oxygen atoms in total. The molecule has 0 radical (unpaired) electrons. The van der Waals surface area contributed by atoms with Crippen LogP contribution >= 0.6 is 0 Å². The highest BCUT2D eigenvalue weighted by Gasteiger charge is 2.13. The molecule has 0 fully saturated rings. The number of hydrogen-bond acceptors (Lipinski definition) is 4. The SMILES string of the molecule is CNc1ccc(COCc2ccccc2F)cc1[N+](=O)[O-]. The minimum Gasteiger partial charge on any atom is -0.383 e. The van der Waals surface area contributed by atoms with Crippen LogP contribution in [0.3, 0.4) is 0 Å². The number of nitro groups is 1. The lowest BCUT2D eigenvalue weighted by molar-refractivity contribution is -0.384. The van der Waals surface area contributed by atoms with Crippen LogP contribution in [0.25, 0.3) is 0 Å². The van der Waals surface area contributed by atoms with Crippen LogP contribution in [0.1, 0.15) is 11.1 Å². The van der Waals surface area contributed by atoms with Gasteiger partial charge in [0.25, 0.3) is 5.69 Å². The van der Waals surface area contributed by atoms with E-state index in [1.165, 1.54) is 12.1 Å². The van der Waals surface area contributed by atoms with Gasteiger partial charge in [0.2, 0.25) is 0 Å². The molecule has 0 aliphatic carbocycles. The number of nitrogens with one attached hydrogen (secondary N) is 1. The fourth-order valence-corrected chi connectivity index (χ4v) is 1.92. The Bertz CT molecular complexity index is 647. The zero-order chi connectivity index (χ0) is 15.2. The van der Waals surface area contributed by atoms with Crippen molar-refractivity contribution < 1.29 is 14.1 Å². The molecule has 0 unspecified atom stereocenters. The van der Waals surface area contributed by atoms with Crippen LogP contribution < -0.4 is 5.32 Å². The second-order valence-electron chi connectivity index (χ2n) is 4.44. The lowest BCUT2D eigenvalue weighted by Gasteiger charge is -2.07. The third kappa shape index (κ3) is 3.76. The fourth-order valence-electron chi connectivity index (χ4n) is 1.92. The Kier molecular flexibility index (Phi) is 4.84. The van der Waals surface area contributed by atoms with Crippen LogP contribution in [0.4, 0.5) is 15.8 Å². The summed E-state index contributed by atoms with van der Waals surface area (Å²) in [5, 5.41) is 13.7. The number of hydrogen-bond donors (Lipinski definition) is 1. The van der Waals surface area contributed by atoms with Gasteiger partial charge in [-0.15, -0.1) is 0 Å². The molecule has 0 aromatic heterocycles. The Hall–Kier alpha value is -2.47. The zero-order valence-corrected chi connectivity index (χ0v) is 11.5. The number of ether oxygens (including phenoxy) is 1. The smallest absolute Gasteiger partial charge is 0.292 e. The van der Waals surface area contributed by atoms with Crippen molar-refractivity contribution in [2.45, 2.75) is 13.2 Å². The molecular weight excluding hydrogens is 275 g/mol. The van der Waals surface area contributed by atoms with Crippen LogP contribution in [-0.4, -0.2) is 12.0 Å². The van der Waals surface area contributed by atoms with E-state index in [0.29, 0.717) is 16.8 Å². The molecule has 2 aromatic carbocycles. The molecule has 2 aromatic rings. The van der Waals surface area contributed by atoms with Crippen molar-refractivity contribution in [3.05, 3.63) is 69.5 Å². The van der Waals surface area contributed by atoms with Crippen molar-refractivity contribution in [1.82, 2.24) is 0 Å². The predicted molar refractivity (Wildman–Crippen MR) is 77.5 cm³/mol. The Morgan fingerprint density at radius 1 is 1.24 bits per heavy atom. The topological polar surface area (TPSA) is 64.4 Å². The highest BCUT2D eigenvalue weighted by atomic mass is 19.1. The van der Waals surface area contributed by atoms with Crippen LogP contribution in [0, 0.1) is 15.9 Å². The normalized spacial score (nSPS) is 10.4. The molecule has 0 heterocycles. The van der Waals surface area contributed by atoms with Gasteiger partial charge in [-0.3, -0.25) is 10.1 Å². The summed E-state index contributed by atoms with van der Waals surface area (Å²) in [6, 6.07) is 11.2. The average Bonchev–Trinajstić information content (AvgIpc) is 2.49. The van der Waals surface area contributed by atoms with Crippen LogP contribution in [0.5, 0.6) is 0 Å². The van der Waals surface area contributed by atoms with E-state index in [9.17, 15) is 14.5 Å². The van der Waals surface area contributed by atoms with Crippen LogP contribution in [0.15, 0.2) is 42.5 Å². The highest BCUT2D eigenvalue weighted by Crippen LogP contribution is 2.25. The molecule has 0 spiro atoms. The largest absolute Gasteiger partial charge is 0.383 e. The Morgan fingerprint density at radius 2 is 2.00 bits per heavy atom. The summed E-state index contributed by atoms with van der Waals surface area (Å²) < 4.78 is 18.8. The third-order valence-electron chi connectivity index (χ3n) is 3.01. The number of nitrogens with zero attached hydrogens (tertiary/aromatic N) is 1. The molecule has 0 aliphatic heterocycles. The molecule has 110 valence electrons. The van der Waals surface area contributed by atoms with Crippen molar-refractivity contribution >= 4 is 11.4 Å². The lowest BCUT2D eigenvalue weighted by atomic mass is 10.2. The van der Waals surface area contributed by atoms with Crippen molar-refractivity contribution in [2.75, 3.05) is 12.4 Å². The summed E-state index contributed by atoms with van der Waals surface area (Å²) in [5.74, 6) is -0.325. The molecule has 0 atom stereocenters. The van der Waals surface area contributed by atoms with Crippen molar-refractivity contribution in [1.29, 1.82) is 0 Å². The molecule has 0 amide bonds. The molecule has 21 heavy (non-hydrogen) atoms. The van der Waals surface area contributed by atoms with E-state index >= 15 is 0 Å². The Morgan fingerprint density at radius 3 is 2.67 bits per heavy atom. The minimum absolute atomic E-state index is 0.00973. The molecule has 1 N–H and O–H groups in total. The number of benzene rings is 2. The van der Waals surface area contributed by atoms with Crippen LogP contribution in [0.2, 0.25) is 0 Å². The van der Waals surface area contributed by atoms with Crippen molar-refractivity contribution in [3.63, 3.8) is 0 Å². The third-order valence-corrected chi connectivity index (χ3v) is 3.01. The van der Waals surface area contributed by atoms with Gasteiger partial charge in [-0.2, -0.15) is 0 Å². The summed E-state index contributed by atoms with van der Waals surface area (Å²) >= 11 is 0. The number of rotatable bonds is 6. The first-order chi connectivity index (χ1) is 10.1. The van der Waals surface area contributed by atoms with Crippen molar-refractivity contribution in [3.8, 4) is 0 Å². The molecular formula is C15H15FN2O3. The summed E-state index contributed by atoms with van der Waals surface area (Å²) in [6.45, 7) is 0.299. The highest BCUT2D eigenvalue weighted by molar-refractivity contribution is 5.62. The van der Waals surface area contributed by atoms with E-state index in [0.717, 1.165) is 0 Å².